The van der Waals surface area contributed by atoms with Crippen LogP contribution in [0.1, 0.15) is 168 Å². The van der Waals surface area contributed by atoms with Gasteiger partial charge in [-0.15, -0.1) is 0 Å². The maximum atomic E-state index is 12.7. The van der Waals surface area contributed by atoms with Crippen LogP contribution in [-0.2, 0) is 32.7 Å². The number of phosphoric acid groups is 1. The summed E-state index contributed by atoms with van der Waals surface area (Å²) >= 11 is 0. The van der Waals surface area contributed by atoms with Gasteiger partial charge in [-0.05, 0) is 51.4 Å². The van der Waals surface area contributed by atoms with Crippen molar-refractivity contribution in [1.29, 1.82) is 0 Å². The smallest absolute Gasteiger partial charge is 0.462 e. The van der Waals surface area contributed by atoms with Gasteiger partial charge in [-0.3, -0.25) is 18.6 Å². The lowest BCUT2D eigenvalue weighted by atomic mass is 10.0. The van der Waals surface area contributed by atoms with E-state index in [0.29, 0.717) is 23.9 Å². The number of rotatable bonds is 39. The van der Waals surface area contributed by atoms with Crippen LogP contribution in [0, 0.1) is 0 Å². The number of hydrogen-bond donors (Lipinski definition) is 1. The van der Waals surface area contributed by atoms with Crippen molar-refractivity contribution < 1.29 is 42.1 Å². The number of likely N-dealkylation sites (N-methyl/N-ethyl adjacent to an activating group) is 1. The Morgan fingerprint density at radius 1 is 0.571 bits per heavy atom. The van der Waals surface area contributed by atoms with Crippen LogP contribution in [0.3, 0.4) is 0 Å². The number of nitrogens with zero attached hydrogens (tertiary/aromatic N) is 1. The fourth-order valence-corrected chi connectivity index (χ4v) is 6.38. The van der Waals surface area contributed by atoms with E-state index in [4.69, 9.17) is 18.5 Å². The van der Waals surface area contributed by atoms with Crippen molar-refractivity contribution in [2.45, 2.75) is 174 Å². The lowest BCUT2D eigenvalue weighted by Gasteiger charge is -2.24. The first kappa shape index (κ1) is 53.7. The Balaban J connectivity index is 4.45. The number of ether oxygens (including phenoxy) is 2. The Bertz CT molecular complexity index is 1140. The third-order valence-electron chi connectivity index (χ3n) is 9.06. The topological polar surface area (TPSA) is 108 Å². The highest BCUT2D eigenvalue weighted by Crippen LogP contribution is 2.43. The van der Waals surface area contributed by atoms with E-state index in [9.17, 15) is 19.0 Å². The zero-order valence-corrected chi connectivity index (χ0v) is 37.2. The summed E-state index contributed by atoms with van der Waals surface area (Å²) in [6, 6.07) is 0. The van der Waals surface area contributed by atoms with Crippen LogP contribution in [-0.4, -0.2) is 74.9 Å². The van der Waals surface area contributed by atoms with Crippen molar-refractivity contribution in [2.75, 3.05) is 47.5 Å². The van der Waals surface area contributed by atoms with E-state index in [-0.39, 0.29) is 26.1 Å². The highest BCUT2D eigenvalue weighted by atomic mass is 31.2. The Kier molecular flexibility index (Phi) is 36.7. The molecule has 0 saturated heterocycles. The van der Waals surface area contributed by atoms with Crippen molar-refractivity contribution in [1.82, 2.24) is 0 Å². The number of allylic oxidation sites excluding steroid dienone is 10. The van der Waals surface area contributed by atoms with Gasteiger partial charge in [0.25, 0.3) is 0 Å². The van der Waals surface area contributed by atoms with Crippen LogP contribution in [0.15, 0.2) is 60.8 Å². The Hall–Kier alpha value is -2.29. The van der Waals surface area contributed by atoms with E-state index in [1.165, 1.54) is 77.0 Å². The van der Waals surface area contributed by atoms with Gasteiger partial charge in [0.15, 0.2) is 6.10 Å². The number of phosphoric ester groups is 1. The molecule has 0 aromatic heterocycles. The molecule has 1 unspecified atom stereocenters. The number of esters is 2. The largest absolute Gasteiger partial charge is 0.472 e. The summed E-state index contributed by atoms with van der Waals surface area (Å²) in [5.74, 6) is -0.867. The highest BCUT2D eigenvalue weighted by molar-refractivity contribution is 7.47. The molecular weight excluding hydrogens is 725 g/mol. The first-order chi connectivity index (χ1) is 27.0. The van der Waals surface area contributed by atoms with Crippen LogP contribution in [0.4, 0.5) is 0 Å². The van der Waals surface area contributed by atoms with Gasteiger partial charge < -0.3 is 18.9 Å². The summed E-state index contributed by atoms with van der Waals surface area (Å²) in [5.41, 5.74) is 0. The highest BCUT2D eigenvalue weighted by Gasteiger charge is 2.27. The standard InChI is InChI=1S/C46H82NO8P/c1-6-8-10-12-14-16-18-20-22-23-25-26-28-30-32-34-36-38-45(48)52-42-44(43-54-56(50,51)53-41-40-47(3,4)5)55-46(49)39-37-35-33-31-29-27-24-21-19-17-15-13-11-9-7-2/h8,10,14,16,20,22,25-26,30,32,44H,6-7,9,11-13,15,17-19,21,23-24,27-29,31,33-43H2,1-5H3/p+1/b10-8-,16-14-,22-20-,26-25-,32-30-/t44-/m1/s1. The summed E-state index contributed by atoms with van der Waals surface area (Å²) in [6.07, 6.45) is 45.6. The zero-order valence-electron chi connectivity index (χ0n) is 36.3. The minimum Gasteiger partial charge on any atom is -0.462 e. The van der Waals surface area contributed by atoms with Crippen molar-refractivity contribution in [2.24, 2.45) is 0 Å². The molecule has 0 aliphatic carbocycles. The molecule has 0 rings (SSSR count). The molecule has 0 radical (unpaired) electrons. The molecule has 0 aromatic rings. The second-order valence-corrected chi connectivity index (χ2v) is 17.2. The summed E-state index contributed by atoms with van der Waals surface area (Å²) in [6.45, 7) is 4.24. The van der Waals surface area contributed by atoms with Gasteiger partial charge in [0, 0.05) is 12.8 Å². The maximum Gasteiger partial charge on any atom is 0.472 e. The quantitative estimate of drug-likeness (QED) is 0.0215. The predicted octanol–water partition coefficient (Wildman–Crippen LogP) is 12.5. The monoisotopic (exact) mass is 809 g/mol. The molecule has 1 N–H and O–H groups in total. The Labute approximate surface area is 343 Å². The van der Waals surface area contributed by atoms with Gasteiger partial charge in [-0.2, -0.15) is 0 Å². The number of carbonyl (C=O) groups is 2. The SMILES string of the molecule is CC/C=C\C/C=C\C/C=C\C/C=C\C/C=C\CCCC(=O)OC[C@H](COP(=O)(O)OCC[N+](C)(C)C)OC(=O)CCCCCCCCCCCCCCCCC. The number of unbranched alkanes of at least 4 members (excludes halogenated alkanes) is 15. The van der Waals surface area contributed by atoms with Gasteiger partial charge in [-0.1, -0.05) is 164 Å². The van der Waals surface area contributed by atoms with Crippen molar-refractivity contribution in [3.05, 3.63) is 60.8 Å². The molecule has 0 heterocycles. The van der Waals surface area contributed by atoms with Crippen LogP contribution >= 0.6 is 7.82 Å². The van der Waals surface area contributed by atoms with Crippen molar-refractivity contribution in [3.63, 3.8) is 0 Å². The first-order valence-corrected chi connectivity index (χ1v) is 23.5. The number of hydrogen-bond acceptors (Lipinski definition) is 7. The second-order valence-electron chi connectivity index (χ2n) is 15.7. The molecule has 9 nitrogen and oxygen atoms in total. The van der Waals surface area contributed by atoms with Crippen molar-refractivity contribution in [3.8, 4) is 0 Å². The van der Waals surface area contributed by atoms with Gasteiger partial charge in [0.05, 0.1) is 27.7 Å². The normalized spacial score (nSPS) is 14.2. The molecule has 56 heavy (non-hydrogen) atoms. The van der Waals surface area contributed by atoms with E-state index in [1.54, 1.807) is 0 Å². The molecule has 0 saturated carbocycles. The molecule has 0 aliphatic rings. The Morgan fingerprint density at radius 2 is 1.02 bits per heavy atom. The summed E-state index contributed by atoms with van der Waals surface area (Å²) in [5, 5.41) is 0. The summed E-state index contributed by atoms with van der Waals surface area (Å²) in [7, 11) is 1.44. The molecule has 324 valence electrons. The lowest BCUT2D eigenvalue weighted by molar-refractivity contribution is -0.870. The molecule has 0 aliphatic heterocycles. The van der Waals surface area contributed by atoms with Crippen LogP contribution in [0.25, 0.3) is 0 Å². The molecule has 0 aromatic carbocycles. The summed E-state index contributed by atoms with van der Waals surface area (Å²) in [4.78, 5) is 35.3. The summed E-state index contributed by atoms with van der Waals surface area (Å²) < 4.78 is 34.2. The van der Waals surface area contributed by atoms with E-state index < -0.39 is 32.5 Å². The van der Waals surface area contributed by atoms with Crippen LogP contribution < -0.4 is 0 Å². The van der Waals surface area contributed by atoms with E-state index in [2.05, 4.69) is 74.6 Å². The molecule has 0 amide bonds. The van der Waals surface area contributed by atoms with E-state index in [0.717, 1.165) is 51.4 Å². The van der Waals surface area contributed by atoms with E-state index in [1.807, 2.05) is 21.1 Å². The lowest BCUT2D eigenvalue weighted by Crippen LogP contribution is -2.37. The van der Waals surface area contributed by atoms with Crippen LogP contribution in [0.5, 0.6) is 0 Å². The third-order valence-corrected chi connectivity index (χ3v) is 10.0. The minimum atomic E-state index is -4.39. The molecule has 0 spiro atoms. The molecule has 0 fully saturated rings. The predicted molar refractivity (Wildman–Crippen MR) is 233 cm³/mol. The first-order valence-electron chi connectivity index (χ1n) is 22.0. The number of quaternary nitrogens is 1. The maximum absolute atomic E-state index is 12.7. The number of carbonyl (C=O) groups excluding carboxylic acids is 2. The van der Waals surface area contributed by atoms with Gasteiger partial charge >= 0.3 is 19.8 Å². The third kappa shape index (κ3) is 41.3. The van der Waals surface area contributed by atoms with Crippen molar-refractivity contribution >= 4 is 19.8 Å². The fraction of sp³-hybridized carbons (Fsp3) is 0.739. The minimum absolute atomic E-state index is 0.0216. The molecule has 10 heteroatoms. The molecule has 2 atom stereocenters. The zero-order chi connectivity index (χ0) is 41.4. The van der Waals surface area contributed by atoms with Gasteiger partial charge in [0.1, 0.15) is 19.8 Å². The molecule has 0 bridgehead atoms. The second kappa shape index (κ2) is 38.2. The average Bonchev–Trinajstić information content (AvgIpc) is 3.15. The van der Waals surface area contributed by atoms with Gasteiger partial charge in [0.2, 0.25) is 0 Å². The van der Waals surface area contributed by atoms with Gasteiger partial charge in [-0.25, -0.2) is 4.57 Å². The van der Waals surface area contributed by atoms with E-state index >= 15 is 0 Å². The average molecular weight is 809 g/mol. The Morgan fingerprint density at radius 3 is 1.50 bits per heavy atom. The molecular formula is C46H83NO8P+. The fourth-order valence-electron chi connectivity index (χ4n) is 5.64. The van der Waals surface area contributed by atoms with Crippen LogP contribution in [0.2, 0.25) is 0 Å².